The second kappa shape index (κ2) is 6.71. The van der Waals surface area contributed by atoms with Crippen LogP contribution in [-0.4, -0.2) is 46.8 Å². The molecule has 112 valence electrons. The van der Waals surface area contributed by atoms with Crippen molar-refractivity contribution in [3.63, 3.8) is 0 Å². The number of alkyl halides is 3. The Morgan fingerprint density at radius 3 is 2.50 bits per heavy atom. The minimum Gasteiger partial charge on any atom is -0.508 e. The fraction of sp³-hybridized carbons (Fsp3) is 0.462. The Labute approximate surface area is 114 Å². The molecule has 0 saturated carbocycles. The molecule has 0 fully saturated rings. The maximum absolute atomic E-state index is 12.4. The summed E-state index contributed by atoms with van der Waals surface area (Å²) < 4.78 is 37.2. The van der Waals surface area contributed by atoms with E-state index in [1.165, 1.54) is 25.1 Å². The van der Waals surface area contributed by atoms with Gasteiger partial charge in [-0.3, -0.25) is 9.69 Å². The van der Waals surface area contributed by atoms with E-state index in [-0.39, 0.29) is 30.2 Å². The lowest BCUT2D eigenvalue weighted by Gasteiger charge is -2.23. The Balaban J connectivity index is 2.92. The van der Waals surface area contributed by atoms with E-state index < -0.39 is 19.3 Å². The third kappa shape index (κ3) is 5.18. The van der Waals surface area contributed by atoms with Gasteiger partial charge in [0.2, 0.25) is 0 Å². The summed E-state index contributed by atoms with van der Waals surface area (Å²) in [6.45, 7) is -0.672. The van der Waals surface area contributed by atoms with Gasteiger partial charge < -0.3 is 10.2 Å². The van der Waals surface area contributed by atoms with Gasteiger partial charge in [0.1, 0.15) is 5.75 Å². The molecule has 1 aromatic carbocycles. The zero-order valence-electron chi connectivity index (χ0n) is 10.9. The highest BCUT2D eigenvalue weighted by Gasteiger charge is 2.30. The van der Waals surface area contributed by atoms with E-state index in [4.69, 9.17) is 5.11 Å². The number of nitrogens with zero attached hydrogens (tertiary/aromatic N) is 1. The van der Waals surface area contributed by atoms with Crippen LogP contribution in [0.3, 0.4) is 0 Å². The van der Waals surface area contributed by atoms with Gasteiger partial charge in [-0.05, 0) is 25.1 Å². The molecule has 1 rings (SSSR count). The number of aliphatic hydroxyl groups is 1. The summed E-state index contributed by atoms with van der Waals surface area (Å²) in [5.41, 5.74) is 0.532. The van der Waals surface area contributed by atoms with E-state index in [2.05, 4.69) is 0 Å². The van der Waals surface area contributed by atoms with E-state index in [1.807, 2.05) is 0 Å². The number of phenolic OH excluding ortho intramolecular Hbond substituents is 1. The SMILES string of the molecule is CC(=O)c1ccc(O)c(CN(CCO)CC(F)(F)F)c1. The van der Waals surface area contributed by atoms with Gasteiger partial charge in [0.05, 0.1) is 13.2 Å². The highest BCUT2D eigenvalue weighted by atomic mass is 19.4. The average Bonchev–Trinajstić information content (AvgIpc) is 2.29. The molecule has 0 aromatic heterocycles. The highest BCUT2D eigenvalue weighted by Crippen LogP contribution is 2.23. The summed E-state index contributed by atoms with van der Waals surface area (Å²) in [6, 6.07) is 4.04. The average molecular weight is 291 g/mol. The number of benzene rings is 1. The highest BCUT2D eigenvalue weighted by molar-refractivity contribution is 5.94. The molecule has 0 atom stereocenters. The van der Waals surface area contributed by atoms with Crippen molar-refractivity contribution in [1.29, 1.82) is 0 Å². The molecule has 7 heteroatoms. The minimum absolute atomic E-state index is 0.177. The second-order valence-corrected chi connectivity index (χ2v) is 4.45. The third-order valence-corrected chi connectivity index (χ3v) is 2.70. The monoisotopic (exact) mass is 291 g/mol. The summed E-state index contributed by atoms with van der Waals surface area (Å²) in [5.74, 6) is -0.420. The van der Waals surface area contributed by atoms with Gasteiger partial charge >= 0.3 is 6.18 Å². The van der Waals surface area contributed by atoms with Crippen LogP contribution >= 0.6 is 0 Å². The first-order valence-electron chi connectivity index (χ1n) is 5.95. The fourth-order valence-corrected chi connectivity index (χ4v) is 1.78. The van der Waals surface area contributed by atoms with Gasteiger partial charge in [0, 0.05) is 24.2 Å². The molecule has 0 radical (unpaired) electrons. The zero-order valence-corrected chi connectivity index (χ0v) is 10.9. The van der Waals surface area contributed by atoms with Crippen molar-refractivity contribution in [3.8, 4) is 5.75 Å². The molecule has 0 spiro atoms. The molecule has 0 bridgehead atoms. The number of phenols is 1. The lowest BCUT2D eigenvalue weighted by Crippen LogP contribution is -2.35. The molecule has 0 amide bonds. The first-order chi connectivity index (χ1) is 9.23. The Morgan fingerprint density at radius 2 is 2.00 bits per heavy atom. The summed E-state index contributed by atoms with van der Waals surface area (Å²) in [5, 5.41) is 18.4. The summed E-state index contributed by atoms with van der Waals surface area (Å²) in [6.07, 6.45) is -4.40. The molecule has 0 saturated heterocycles. The number of carbonyl (C=O) groups is 1. The molecule has 4 nitrogen and oxygen atoms in total. The number of hydrogen-bond donors (Lipinski definition) is 2. The molecule has 2 N–H and O–H groups in total. The second-order valence-electron chi connectivity index (χ2n) is 4.45. The number of carbonyl (C=O) groups excluding carboxylic acids is 1. The topological polar surface area (TPSA) is 60.8 Å². The van der Waals surface area contributed by atoms with Gasteiger partial charge in [0.25, 0.3) is 0 Å². The predicted octanol–water partition coefficient (Wildman–Crippen LogP) is 1.95. The van der Waals surface area contributed by atoms with Crippen LogP contribution in [0.25, 0.3) is 0 Å². The lowest BCUT2D eigenvalue weighted by molar-refractivity contribution is -0.148. The van der Waals surface area contributed by atoms with Crippen molar-refractivity contribution in [2.45, 2.75) is 19.6 Å². The van der Waals surface area contributed by atoms with Crippen LogP contribution in [0.4, 0.5) is 13.2 Å². The largest absolute Gasteiger partial charge is 0.508 e. The number of rotatable bonds is 6. The van der Waals surface area contributed by atoms with E-state index in [9.17, 15) is 23.1 Å². The number of hydrogen-bond acceptors (Lipinski definition) is 4. The van der Waals surface area contributed by atoms with Gasteiger partial charge in [-0.15, -0.1) is 0 Å². The van der Waals surface area contributed by atoms with Crippen LogP contribution < -0.4 is 0 Å². The first-order valence-corrected chi connectivity index (χ1v) is 5.95. The first kappa shape index (κ1) is 16.5. The normalized spacial score (nSPS) is 11.9. The third-order valence-electron chi connectivity index (χ3n) is 2.70. The van der Waals surface area contributed by atoms with Gasteiger partial charge in [-0.1, -0.05) is 0 Å². The van der Waals surface area contributed by atoms with Crippen molar-refractivity contribution in [3.05, 3.63) is 29.3 Å². The Hall–Kier alpha value is -1.60. The van der Waals surface area contributed by atoms with Crippen molar-refractivity contribution in [2.75, 3.05) is 19.7 Å². The van der Waals surface area contributed by atoms with Crippen molar-refractivity contribution < 1.29 is 28.2 Å². The fourth-order valence-electron chi connectivity index (χ4n) is 1.78. The molecule has 0 unspecified atom stereocenters. The minimum atomic E-state index is -4.40. The molecule has 0 aliphatic rings. The molecule has 0 heterocycles. The number of halogens is 3. The van der Waals surface area contributed by atoms with Crippen LogP contribution in [0.2, 0.25) is 0 Å². The maximum atomic E-state index is 12.4. The molecule has 1 aromatic rings. The quantitative estimate of drug-likeness (QED) is 0.787. The molecular formula is C13H16F3NO3. The molecular weight excluding hydrogens is 275 g/mol. The summed E-state index contributed by atoms with van der Waals surface area (Å²) >= 11 is 0. The van der Waals surface area contributed by atoms with Crippen LogP contribution in [0.15, 0.2) is 18.2 Å². The van der Waals surface area contributed by atoms with Crippen LogP contribution in [-0.2, 0) is 6.54 Å². The summed E-state index contributed by atoms with van der Waals surface area (Å²) in [7, 11) is 0. The predicted molar refractivity (Wildman–Crippen MR) is 66.5 cm³/mol. The number of Topliss-reactive ketones (excluding diaryl/α,β-unsaturated/α-hetero) is 1. The standard InChI is InChI=1S/C13H16F3NO3/c1-9(19)10-2-3-12(20)11(6-10)7-17(4-5-18)8-13(14,15)16/h2-3,6,18,20H,4-5,7-8H2,1H3. The van der Waals surface area contributed by atoms with Crippen molar-refractivity contribution in [1.82, 2.24) is 4.90 Å². The lowest BCUT2D eigenvalue weighted by atomic mass is 10.1. The summed E-state index contributed by atoms with van der Waals surface area (Å²) in [4.78, 5) is 12.2. The maximum Gasteiger partial charge on any atom is 0.401 e. The van der Waals surface area contributed by atoms with Crippen LogP contribution in [0, 0.1) is 0 Å². The van der Waals surface area contributed by atoms with Gasteiger partial charge in [-0.25, -0.2) is 0 Å². The van der Waals surface area contributed by atoms with Crippen LogP contribution in [0.1, 0.15) is 22.8 Å². The Bertz CT molecular complexity index is 474. The Morgan fingerprint density at radius 1 is 1.35 bits per heavy atom. The van der Waals surface area contributed by atoms with Crippen molar-refractivity contribution >= 4 is 5.78 Å². The van der Waals surface area contributed by atoms with E-state index in [0.717, 1.165) is 4.90 Å². The van der Waals surface area contributed by atoms with Crippen molar-refractivity contribution in [2.24, 2.45) is 0 Å². The van der Waals surface area contributed by atoms with Crippen LogP contribution in [0.5, 0.6) is 5.75 Å². The zero-order chi connectivity index (χ0) is 15.3. The van der Waals surface area contributed by atoms with E-state index in [0.29, 0.717) is 5.56 Å². The number of aromatic hydroxyl groups is 1. The number of ketones is 1. The number of aliphatic hydroxyl groups excluding tert-OH is 1. The van der Waals surface area contributed by atoms with Gasteiger partial charge in [-0.2, -0.15) is 13.2 Å². The Kier molecular flexibility index (Phi) is 5.52. The van der Waals surface area contributed by atoms with E-state index >= 15 is 0 Å². The van der Waals surface area contributed by atoms with Gasteiger partial charge in [0.15, 0.2) is 5.78 Å². The molecule has 20 heavy (non-hydrogen) atoms. The van der Waals surface area contributed by atoms with E-state index in [1.54, 1.807) is 0 Å². The molecule has 0 aliphatic heterocycles. The molecule has 0 aliphatic carbocycles. The smallest absolute Gasteiger partial charge is 0.401 e.